The molecule has 1 aromatic rings. The maximum absolute atomic E-state index is 8.88. The predicted molar refractivity (Wildman–Crippen MR) is 48.7 cm³/mol. The molecule has 1 aromatic heterocycles. The zero-order valence-corrected chi connectivity index (χ0v) is 7.41. The van der Waals surface area contributed by atoms with Crippen molar-refractivity contribution in [1.82, 2.24) is 4.98 Å². The number of hydrogen-bond acceptors (Lipinski definition) is 3. The number of rotatable bonds is 2. The van der Waals surface area contributed by atoms with E-state index in [1.54, 1.807) is 6.07 Å². The van der Waals surface area contributed by atoms with Crippen LogP contribution in [0.2, 0.25) is 0 Å². The molecule has 3 nitrogen and oxygen atoms in total. The summed E-state index contributed by atoms with van der Waals surface area (Å²) < 4.78 is 0. The lowest BCUT2D eigenvalue weighted by molar-refractivity contribution is 0.281. The van der Waals surface area contributed by atoms with Gasteiger partial charge in [0, 0.05) is 5.69 Å². The Hall–Kier alpha value is -1.09. The lowest BCUT2D eigenvalue weighted by atomic mass is 10.1. The first-order valence-corrected chi connectivity index (χ1v) is 4.00. The Morgan fingerprint density at radius 1 is 1.50 bits per heavy atom. The Morgan fingerprint density at radius 2 is 2.17 bits per heavy atom. The number of nitrogen functional groups attached to an aromatic ring is 1. The van der Waals surface area contributed by atoms with Gasteiger partial charge in [-0.1, -0.05) is 13.8 Å². The molecule has 0 saturated heterocycles. The molecule has 0 aliphatic rings. The first kappa shape index (κ1) is 9.00. The molecule has 0 unspecified atom stereocenters. The highest BCUT2D eigenvalue weighted by atomic mass is 16.3. The molecule has 0 fully saturated rings. The van der Waals surface area contributed by atoms with Crippen molar-refractivity contribution in [2.75, 3.05) is 5.73 Å². The van der Waals surface area contributed by atoms with Crippen molar-refractivity contribution in [3.05, 3.63) is 23.4 Å². The Kier molecular flexibility index (Phi) is 2.65. The minimum Gasteiger partial charge on any atom is -0.392 e. The molecule has 66 valence electrons. The summed E-state index contributed by atoms with van der Waals surface area (Å²) in [5.41, 5.74) is 7.31. The number of aliphatic hydroxyl groups is 1. The topological polar surface area (TPSA) is 59.1 Å². The third-order valence-electron chi connectivity index (χ3n) is 1.70. The van der Waals surface area contributed by atoms with E-state index in [0.29, 0.717) is 11.7 Å². The largest absolute Gasteiger partial charge is 0.392 e. The van der Waals surface area contributed by atoms with Gasteiger partial charge in [0.05, 0.1) is 6.61 Å². The molecular formula is C9H14N2O. The van der Waals surface area contributed by atoms with Crippen LogP contribution in [0.1, 0.15) is 31.0 Å². The van der Waals surface area contributed by atoms with E-state index in [0.717, 1.165) is 11.3 Å². The number of pyridine rings is 1. The van der Waals surface area contributed by atoms with Gasteiger partial charge in [-0.3, -0.25) is 0 Å². The van der Waals surface area contributed by atoms with E-state index in [4.69, 9.17) is 10.8 Å². The number of aromatic nitrogens is 1. The third-order valence-corrected chi connectivity index (χ3v) is 1.70. The molecule has 0 radical (unpaired) electrons. The first-order valence-electron chi connectivity index (χ1n) is 4.00. The summed E-state index contributed by atoms with van der Waals surface area (Å²) in [5.74, 6) is 0.823. The minimum atomic E-state index is 0.0203. The molecule has 0 saturated carbocycles. The summed E-state index contributed by atoms with van der Waals surface area (Å²) in [6, 6.07) is 3.56. The molecule has 0 amide bonds. The van der Waals surface area contributed by atoms with Gasteiger partial charge < -0.3 is 10.8 Å². The van der Waals surface area contributed by atoms with Gasteiger partial charge in [0.15, 0.2) is 0 Å². The summed E-state index contributed by atoms with van der Waals surface area (Å²) >= 11 is 0. The summed E-state index contributed by atoms with van der Waals surface area (Å²) in [5, 5.41) is 8.88. The van der Waals surface area contributed by atoms with Crippen LogP contribution < -0.4 is 5.73 Å². The molecule has 1 rings (SSSR count). The van der Waals surface area contributed by atoms with Gasteiger partial charge in [-0.15, -0.1) is 0 Å². The van der Waals surface area contributed by atoms with Gasteiger partial charge in [-0.2, -0.15) is 0 Å². The maximum atomic E-state index is 8.88. The smallest absolute Gasteiger partial charge is 0.123 e. The maximum Gasteiger partial charge on any atom is 0.123 e. The van der Waals surface area contributed by atoms with E-state index in [2.05, 4.69) is 4.98 Å². The molecule has 0 spiro atoms. The van der Waals surface area contributed by atoms with Crippen LogP contribution in [-0.4, -0.2) is 10.1 Å². The summed E-state index contributed by atoms with van der Waals surface area (Å²) in [6.45, 7) is 4.11. The molecular weight excluding hydrogens is 152 g/mol. The molecule has 3 heteroatoms. The average Bonchev–Trinajstić information content (AvgIpc) is 2.03. The Labute approximate surface area is 72.2 Å². The van der Waals surface area contributed by atoms with Crippen molar-refractivity contribution in [3.63, 3.8) is 0 Å². The van der Waals surface area contributed by atoms with Gasteiger partial charge >= 0.3 is 0 Å². The van der Waals surface area contributed by atoms with Crippen LogP contribution in [0.5, 0.6) is 0 Å². The van der Waals surface area contributed by atoms with Crippen molar-refractivity contribution in [2.45, 2.75) is 26.4 Å². The second-order valence-electron chi connectivity index (χ2n) is 3.14. The molecule has 0 aliphatic carbocycles. The van der Waals surface area contributed by atoms with Crippen LogP contribution in [-0.2, 0) is 6.61 Å². The quantitative estimate of drug-likeness (QED) is 0.695. The van der Waals surface area contributed by atoms with Crippen molar-refractivity contribution >= 4 is 5.82 Å². The van der Waals surface area contributed by atoms with Crippen molar-refractivity contribution < 1.29 is 5.11 Å². The number of anilines is 1. The van der Waals surface area contributed by atoms with Crippen LogP contribution in [0.4, 0.5) is 5.82 Å². The summed E-state index contributed by atoms with van der Waals surface area (Å²) in [4.78, 5) is 4.15. The Morgan fingerprint density at radius 3 is 2.67 bits per heavy atom. The van der Waals surface area contributed by atoms with Crippen LogP contribution >= 0.6 is 0 Å². The molecule has 0 aromatic carbocycles. The fourth-order valence-corrected chi connectivity index (χ4v) is 1.02. The Balaban J connectivity index is 3.06. The van der Waals surface area contributed by atoms with E-state index in [-0.39, 0.29) is 6.61 Å². The van der Waals surface area contributed by atoms with E-state index in [9.17, 15) is 0 Å². The normalized spacial score (nSPS) is 10.7. The van der Waals surface area contributed by atoms with Gasteiger partial charge in [-0.05, 0) is 23.6 Å². The minimum absolute atomic E-state index is 0.0203. The fraction of sp³-hybridized carbons (Fsp3) is 0.444. The van der Waals surface area contributed by atoms with Gasteiger partial charge in [0.25, 0.3) is 0 Å². The third kappa shape index (κ3) is 1.95. The number of hydrogen-bond donors (Lipinski definition) is 2. The van der Waals surface area contributed by atoms with Crippen molar-refractivity contribution in [2.24, 2.45) is 0 Å². The van der Waals surface area contributed by atoms with Gasteiger partial charge in [0.2, 0.25) is 0 Å². The highest BCUT2D eigenvalue weighted by Crippen LogP contribution is 2.15. The van der Waals surface area contributed by atoms with Gasteiger partial charge in [0.1, 0.15) is 5.82 Å². The van der Waals surface area contributed by atoms with Crippen LogP contribution in [0.25, 0.3) is 0 Å². The molecule has 0 aliphatic heterocycles. The lowest BCUT2D eigenvalue weighted by Crippen LogP contribution is -2.00. The first-order chi connectivity index (χ1) is 5.63. The average molecular weight is 166 g/mol. The second-order valence-corrected chi connectivity index (χ2v) is 3.14. The predicted octanol–water partition coefficient (Wildman–Crippen LogP) is 1.28. The fourth-order valence-electron chi connectivity index (χ4n) is 1.02. The molecule has 1 heterocycles. The Bertz CT molecular complexity index is 271. The number of nitrogens with two attached hydrogens (primary N) is 1. The van der Waals surface area contributed by atoms with Gasteiger partial charge in [-0.25, -0.2) is 4.98 Å². The monoisotopic (exact) mass is 166 g/mol. The molecule has 0 bridgehead atoms. The molecule has 12 heavy (non-hydrogen) atoms. The van der Waals surface area contributed by atoms with E-state index in [1.165, 1.54) is 0 Å². The van der Waals surface area contributed by atoms with Crippen LogP contribution in [0.3, 0.4) is 0 Å². The molecule has 0 atom stereocenters. The van der Waals surface area contributed by atoms with Crippen molar-refractivity contribution in [1.29, 1.82) is 0 Å². The van der Waals surface area contributed by atoms with E-state index < -0.39 is 0 Å². The van der Waals surface area contributed by atoms with E-state index in [1.807, 2.05) is 19.9 Å². The zero-order valence-electron chi connectivity index (χ0n) is 7.41. The summed E-state index contributed by atoms with van der Waals surface area (Å²) in [7, 11) is 0. The van der Waals surface area contributed by atoms with E-state index >= 15 is 0 Å². The van der Waals surface area contributed by atoms with Crippen LogP contribution in [0, 0.1) is 0 Å². The standard InChI is InChI=1S/C9H14N2O/c1-6(2)8-3-7(5-12)4-9(10)11-8/h3-4,6,12H,5H2,1-2H3,(H2,10,11). The lowest BCUT2D eigenvalue weighted by Gasteiger charge is -2.06. The zero-order chi connectivity index (χ0) is 9.14. The second kappa shape index (κ2) is 3.54. The highest BCUT2D eigenvalue weighted by molar-refractivity contribution is 5.35. The molecule has 3 N–H and O–H groups in total. The number of nitrogens with zero attached hydrogens (tertiary/aromatic N) is 1. The van der Waals surface area contributed by atoms with Crippen molar-refractivity contribution in [3.8, 4) is 0 Å². The SMILES string of the molecule is CC(C)c1cc(CO)cc(N)n1. The summed E-state index contributed by atoms with van der Waals surface area (Å²) in [6.07, 6.45) is 0. The number of aliphatic hydroxyl groups excluding tert-OH is 1. The van der Waals surface area contributed by atoms with Crippen LogP contribution in [0.15, 0.2) is 12.1 Å². The highest BCUT2D eigenvalue weighted by Gasteiger charge is 2.03.